The van der Waals surface area contributed by atoms with E-state index in [0.29, 0.717) is 16.8 Å². The summed E-state index contributed by atoms with van der Waals surface area (Å²) in [5.74, 6) is -1.53. The average molecular weight is 470 g/mol. The number of aryl methyl sites for hydroxylation is 1. The molecule has 3 rings (SSSR count). The average Bonchev–Trinajstić information content (AvgIpc) is 3.14. The van der Waals surface area contributed by atoms with Gasteiger partial charge in [0.05, 0.1) is 0 Å². The Morgan fingerprint density at radius 2 is 1.71 bits per heavy atom. The van der Waals surface area contributed by atoms with Gasteiger partial charge in [-0.15, -0.1) is 0 Å². The molecule has 0 fully saturated rings. The number of ketones is 1. The Hall–Kier alpha value is -4.44. The van der Waals surface area contributed by atoms with E-state index in [0.717, 1.165) is 29.9 Å². The van der Waals surface area contributed by atoms with Crippen LogP contribution in [-0.4, -0.2) is 28.8 Å². The van der Waals surface area contributed by atoms with Crippen LogP contribution in [0.2, 0.25) is 0 Å². The Kier molecular flexibility index (Phi) is 8.36. The first-order valence-electron chi connectivity index (χ1n) is 11.3. The van der Waals surface area contributed by atoms with Gasteiger partial charge in [0.2, 0.25) is 0 Å². The predicted molar refractivity (Wildman–Crippen MR) is 134 cm³/mol. The lowest BCUT2D eigenvalue weighted by Gasteiger charge is -2.07. The number of anilines is 1. The molecule has 178 valence electrons. The van der Waals surface area contributed by atoms with Gasteiger partial charge in [-0.3, -0.25) is 9.59 Å². The molecule has 0 radical (unpaired) electrons. The number of amides is 1. The molecular weight excluding hydrogens is 442 g/mol. The van der Waals surface area contributed by atoms with Gasteiger partial charge in [-0.1, -0.05) is 25.1 Å². The van der Waals surface area contributed by atoms with Crippen molar-refractivity contribution in [1.82, 2.24) is 4.57 Å². The number of carbonyl (C=O) groups excluding carboxylic acids is 3. The lowest BCUT2D eigenvalue weighted by Crippen LogP contribution is -2.15. The number of aromatic nitrogens is 1. The van der Waals surface area contributed by atoms with Crippen molar-refractivity contribution in [2.75, 3.05) is 11.9 Å². The summed E-state index contributed by atoms with van der Waals surface area (Å²) in [5.41, 5.74) is 3.97. The Bertz CT molecular complexity index is 1300. The zero-order chi connectivity index (χ0) is 25.4. The SMILES string of the molecule is CCCn1c(C)cc(/C=C(\C#N)C(=O)OCC(=O)c2ccc(NC(=O)c3ccccc3)cc2)c1C. The van der Waals surface area contributed by atoms with E-state index in [1.165, 1.54) is 6.08 Å². The molecule has 0 aliphatic heterocycles. The Morgan fingerprint density at radius 3 is 2.34 bits per heavy atom. The number of esters is 1. The van der Waals surface area contributed by atoms with Gasteiger partial charge in [-0.25, -0.2) is 4.79 Å². The number of nitrogens with one attached hydrogen (secondary N) is 1. The Balaban J connectivity index is 1.61. The molecule has 0 atom stereocenters. The summed E-state index contributed by atoms with van der Waals surface area (Å²) in [6.07, 6.45) is 2.46. The summed E-state index contributed by atoms with van der Waals surface area (Å²) in [5, 5.41) is 12.2. The molecule has 35 heavy (non-hydrogen) atoms. The van der Waals surface area contributed by atoms with Crippen molar-refractivity contribution in [3.8, 4) is 6.07 Å². The molecule has 3 aromatic rings. The van der Waals surface area contributed by atoms with Crippen LogP contribution >= 0.6 is 0 Å². The first kappa shape index (κ1) is 25.2. The van der Waals surface area contributed by atoms with E-state index in [2.05, 4.69) is 16.8 Å². The summed E-state index contributed by atoms with van der Waals surface area (Å²) < 4.78 is 7.23. The highest BCUT2D eigenvalue weighted by atomic mass is 16.5. The molecule has 7 heteroatoms. The fourth-order valence-corrected chi connectivity index (χ4v) is 3.66. The summed E-state index contributed by atoms with van der Waals surface area (Å²) in [4.78, 5) is 37.1. The van der Waals surface area contributed by atoms with Crippen LogP contribution in [0, 0.1) is 25.2 Å². The van der Waals surface area contributed by atoms with E-state index in [9.17, 15) is 19.6 Å². The van der Waals surface area contributed by atoms with Crippen LogP contribution in [0.5, 0.6) is 0 Å². The molecule has 0 bridgehead atoms. The molecular formula is C28H27N3O4. The molecule has 7 nitrogen and oxygen atoms in total. The van der Waals surface area contributed by atoms with Crippen LogP contribution in [0.3, 0.4) is 0 Å². The van der Waals surface area contributed by atoms with E-state index in [1.54, 1.807) is 48.5 Å². The molecule has 0 unspecified atom stereocenters. The number of hydrogen-bond donors (Lipinski definition) is 1. The lowest BCUT2D eigenvalue weighted by molar-refractivity contribution is -0.137. The second kappa shape index (κ2) is 11.6. The molecule has 1 aromatic heterocycles. The van der Waals surface area contributed by atoms with Crippen molar-refractivity contribution >= 4 is 29.4 Å². The molecule has 0 spiro atoms. The fraction of sp³-hybridized carbons (Fsp3) is 0.214. The van der Waals surface area contributed by atoms with Crippen molar-refractivity contribution in [2.45, 2.75) is 33.7 Å². The van der Waals surface area contributed by atoms with Crippen molar-refractivity contribution < 1.29 is 19.1 Å². The third kappa shape index (κ3) is 6.33. The minimum atomic E-state index is -0.854. The van der Waals surface area contributed by atoms with Crippen molar-refractivity contribution in [3.63, 3.8) is 0 Å². The quantitative estimate of drug-likeness (QED) is 0.203. The molecule has 2 aromatic carbocycles. The number of nitrogens with zero attached hydrogens (tertiary/aromatic N) is 2. The van der Waals surface area contributed by atoms with E-state index in [-0.39, 0.29) is 11.5 Å². The topological polar surface area (TPSA) is 101 Å². The van der Waals surface area contributed by atoms with Crippen molar-refractivity contribution in [2.24, 2.45) is 0 Å². The number of carbonyl (C=O) groups is 3. The van der Waals surface area contributed by atoms with Crippen molar-refractivity contribution in [1.29, 1.82) is 5.26 Å². The standard InChI is InChI=1S/C28H27N3O4/c1-4-14-31-19(2)15-23(20(31)3)16-24(17-29)28(34)35-18-26(32)21-10-12-25(13-11-21)30-27(33)22-8-6-5-7-9-22/h5-13,15-16H,4,14,18H2,1-3H3,(H,30,33)/b24-16+. The van der Waals surface area contributed by atoms with Gasteiger partial charge in [0, 0.05) is 34.7 Å². The van der Waals surface area contributed by atoms with Gasteiger partial charge >= 0.3 is 5.97 Å². The highest BCUT2D eigenvalue weighted by Gasteiger charge is 2.16. The fourth-order valence-electron chi connectivity index (χ4n) is 3.66. The first-order chi connectivity index (χ1) is 16.8. The largest absolute Gasteiger partial charge is 0.453 e. The van der Waals surface area contributed by atoms with Crippen LogP contribution < -0.4 is 5.32 Å². The van der Waals surface area contributed by atoms with Crippen molar-refractivity contribution in [3.05, 3.63) is 94.3 Å². The Morgan fingerprint density at radius 1 is 1.03 bits per heavy atom. The van der Waals surface area contributed by atoms with Crippen LogP contribution in [0.15, 0.2) is 66.2 Å². The van der Waals surface area contributed by atoms with Gasteiger partial charge in [-0.05, 0) is 74.4 Å². The maximum atomic E-state index is 12.5. The number of hydrogen-bond acceptors (Lipinski definition) is 5. The van der Waals surface area contributed by atoms with Gasteiger partial charge in [0.15, 0.2) is 12.4 Å². The molecule has 0 saturated heterocycles. The van der Waals surface area contributed by atoms with E-state index in [4.69, 9.17) is 4.74 Å². The van der Waals surface area contributed by atoms with Crippen LogP contribution in [0.1, 0.15) is 51.0 Å². The van der Waals surface area contributed by atoms with Crippen LogP contribution in [0.4, 0.5) is 5.69 Å². The monoisotopic (exact) mass is 469 g/mol. The summed E-state index contributed by atoms with van der Waals surface area (Å²) in [7, 11) is 0. The van der Waals surface area contributed by atoms with E-state index < -0.39 is 18.4 Å². The second-order valence-electron chi connectivity index (χ2n) is 8.04. The molecule has 1 N–H and O–H groups in total. The summed E-state index contributed by atoms with van der Waals surface area (Å²) in [6.45, 7) is 6.34. The third-order valence-electron chi connectivity index (χ3n) is 5.54. The third-order valence-corrected chi connectivity index (χ3v) is 5.54. The number of benzene rings is 2. The maximum Gasteiger partial charge on any atom is 0.349 e. The minimum Gasteiger partial charge on any atom is -0.453 e. The van der Waals surface area contributed by atoms with E-state index in [1.807, 2.05) is 32.0 Å². The van der Waals surface area contributed by atoms with Gasteiger partial charge in [0.1, 0.15) is 11.6 Å². The normalized spacial score (nSPS) is 11.0. The number of ether oxygens (including phenoxy) is 1. The summed E-state index contributed by atoms with van der Waals surface area (Å²) >= 11 is 0. The smallest absolute Gasteiger partial charge is 0.349 e. The predicted octanol–water partition coefficient (Wildman–Crippen LogP) is 5.10. The second-order valence-corrected chi connectivity index (χ2v) is 8.04. The number of rotatable bonds is 9. The molecule has 0 saturated carbocycles. The van der Waals surface area contributed by atoms with Gasteiger partial charge in [0.25, 0.3) is 5.91 Å². The number of Topliss-reactive ketones (excluding diaryl/α,β-unsaturated/α-hetero) is 1. The zero-order valence-electron chi connectivity index (χ0n) is 20.0. The molecule has 0 aliphatic rings. The number of nitriles is 1. The van der Waals surface area contributed by atoms with Gasteiger partial charge in [-0.2, -0.15) is 5.26 Å². The molecule has 1 heterocycles. The van der Waals surface area contributed by atoms with Gasteiger partial charge < -0.3 is 14.6 Å². The minimum absolute atomic E-state index is 0.173. The molecule has 0 aliphatic carbocycles. The summed E-state index contributed by atoms with van der Waals surface area (Å²) in [6, 6.07) is 18.8. The molecule has 1 amide bonds. The lowest BCUT2D eigenvalue weighted by atomic mass is 10.1. The zero-order valence-corrected chi connectivity index (χ0v) is 20.0. The van der Waals surface area contributed by atoms with Crippen LogP contribution in [-0.2, 0) is 16.1 Å². The maximum absolute atomic E-state index is 12.5. The highest BCUT2D eigenvalue weighted by Crippen LogP contribution is 2.19. The highest BCUT2D eigenvalue weighted by molar-refractivity contribution is 6.05. The Labute approximate surface area is 204 Å². The first-order valence-corrected chi connectivity index (χ1v) is 11.3. The van der Waals surface area contributed by atoms with Crippen LogP contribution in [0.25, 0.3) is 6.08 Å². The van der Waals surface area contributed by atoms with E-state index >= 15 is 0 Å².